The first-order valence-corrected chi connectivity index (χ1v) is 3.31. The lowest BCUT2D eigenvalue weighted by molar-refractivity contribution is 0.127. The Bertz CT molecular complexity index is 107. The van der Waals surface area contributed by atoms with Crippen molar-refractivity contribution >= 4 is 17.3 Å². The Hall–Kier alpha value is -0.230. The molecule has 60 valence electrons. The first-order chi connectivity index (χ1) is 4.68. The van der Waals surface area contributed by atoms with Gasteiger partial charge in [0, 0.05) is 0 Å². The fourth-order valence-corrected chi connectivity index (χ4v) is 0.312. The normalized spacial score (nSPS) is 12.7. The van der Waals surface area contributed by atoms with Gasteiger partial charge in [-0.2, -0.15) is 5.48 Å². The molecule has 0 rings (SSSR count). The summed E-state index contributed by atoms with van der Waals surface area (Å²) in [6, 6.07) is 0. The summed E-state index contributed by atoms with van der Waals surface area (Å²) in [6.07, 6.45) is -0.763. The standard InChI is InChI=1S/C5H11NO3S/c1-4(8)5(10)9-6-2-3-7/h4,6-8H,2-3H2,1H3. The van der Waals surface area contributed by atoms with Crippen LogP contribution < -0.4 is 5.48 Å². The number of hydrogen-bond donors (Lipinski definition) is 3. The van der Waals surface area contributed by atoms with E-state index in [0.717, 1.165) is 0 Å². The molecule has 0 fully saturated rings. The average molecular weight is 165 g/mol. The molecule has 4 nitrogen and oxygen atoms in total. The Balaban J connectivity index is 3.22. The Labute approximate surface area is 64.8 Å². The zero-order valence-electron chi connectivity index (χ0n) is 5.70. The number of nitrogens with one attached hydrogen (secondary N) is 1. The van der Waals surface area contributed by atoms with Crippen LogP contribution in [0, 0.1) is 0 Å². The summed E-state index contributed by atoms with van der Waals surface area (Å²) < 4.78 is 0. The van der Waals surface area contributed by atoms with E-state index in [1.165, 1.54) is 6.92 Å². The van der Waals surface area contributed by atoms with Gasteiger partial charge in [0.2, 0.25) is 5.05 Å². The zero-order chi connectivity index (χ0) is 7.98. The van der Waals surface area contributed by atoms with E-state index in [-0.39, 0.29) is 11.7 Å². The van der Waals surface area contributed by atoms with Gasteiger partial charge in [-0.3, -0.25) is 0 Å². The second-order valence-electron chi connectivity index (χ2n) is 1.72. The predicted molar refractivity (Wildman–Crippen MR) is 40.5 cm³/mol. The molecule has 0 spiro atoms. The minimum atomic E-state index is -0.763. The van der Waals surface area contributed by atoms with Crippen LogP contribution in [0.3, 0.4) is 0 Å². The van der Waals surface area contributed by atoms with E-state index in [2.05, 4.69) is 22.5 Å². The van der Waals surface area contributed by atoms with Crippen LogP contribution in [0.15, 0.2) is 0 Å². The maximum Gasteiger partial charge on any atom is 0.215 e. The molecule has 3 N–H and O–H groups in total. The molecule has 0 aliphatic heterocycles. The van der Waals surface area contributed by atoms with Gasteiger partial charge in [-0.1, -0.05) is 0 Å². The summed E-state index contributed by atoms with van der Waals surface area (Å²) in [6.45, 7) is 1.78. The number of thiocarbonyl (C=S) groups is 1. The molecule has 0 aromatic carbocycles. The maximum atomic E-state index is 8.75. The third-order valence-corrected chi connectivity index (χ3v) is 1.15. The largest absolute Gasteiger partial charge is 0.399 e. The first-order valence-electron chi connectivity index (χ1n) is 2.91. The van der Waals surface area contributed by atoms with Crippen molar-refractivity contribution in [3.8, 4) is 0 Å². The van der Waals surface area contributed by atoms with E-state index >= 15 is 0 Å². The average Bonchev–Trinajstić information content (AvgIpc) is 1.88. The van der Waals surface area contributed by atoms with Crippen molar-refractivity contribution in [3.05, 3.63) is 0 Å². The van der Waals surface area contributed by atoms with Crippen molar-refractivity contribution in [2.75, 3.05) is 13.2 Å². The molecule has 0 amide bonds. The number of aliphatic hydroxyl groups is 2. The highest BCUT2D eigenvalue weighted by molar-refractivity contribution is 7.80. The lowest BCUT2D eigenvalue weighted by Gasteiger charge is -2.07. The van der Waals surface area contributed by atoms with Crippen molar-refractivity contribution in [2.45, 2.75) is 13.0 Å². The van der Waals surface area contributed by atoms with Crippen molar-refractivity contribution in [3.63, 3.8) is 0 Å². The third kappa shape index (κ3) is 4.63. The highest BCUT2D eigenvalue weighted by Gasteiger charge is 2.03. The summed E-state index contributed by atoms with van der Waals surface area (Å²) in [4.78, 5) is 4.62. The third-order valence-electron chi connectivity index (χ3n) is 0.728. The molecule has 0 saturated carbocycles. The van der Waals surface area contributed by atoms with Gasteiger partial charge in [-0.15, -0.1) is 0 Å². The topological polar surface area (TPSA) is 61.7 Å². The first kappa shape index (κ1) is 9.77. The van der Waals surface area contributed by atoms with Gasteiger partial charge in [0.05, 0.1) is 13.2 Å². The van der Waals surface area contributed by atoms with Crippen LogP contribution in [0.2, 0.25) is 0 Å². The molecule has 0 aromatic rings. The van der Waals surface area contributed by atoms with Gasteiger partial charge in [0.1, 0.15) is 6.10 Å². The van der Waals surface area contributed by atoms with E-state index in [9.17, 15) is 0 Å². The van der Waals surface area contributed by atoms with Crippen molar-refractivity contribution in [2.24, 2.45) is 0 Å². The number of hydrogen-bond acceptors (Lipinski definition) is 5. The zero-order valence-corrected chi connectivity index (χ0v) is 6.52. The number of rotatable bonds is 4. The molecular weight excluding hydrogens is 154 g/mol. The number of aliphatic hydroxyl groups excluding tert-OH is 2. The number of hydroxylamine groups is 1. The van der Waals surface area contributed by atoms with Gasteiger partial charge in [0.15, 0.2) is 0 Å². The minimum absolute atomic E-state index is 0.0254. The lowest BCUT2D eigenvalue weighted by Crippen LogP contribution is -2.27. The summed E-state index contributed by atoms with van der Waals surface area (Å²) in [5.41, 5.74) is 2.36. The summed E-state index contributed by atoms with van der Waals surface area (Å²) in [5, 5.41) is 17.1. The van der Waals surface area contributed by atoms with Crippen molar-refractivity contribution in [1.82, 2.24) is 5.48 Å². The van der Waals surface area contributed by atoms with Crippen molar-refractivity contribution in [1.29, 1.82) is 0 Å². The van der Waals surface area contributed by atoms with Gasteiger partial charge in [-0.05, 0) is 19.1 Å². The van der Waals surface area contributed by atoms with Gasteiger partial charge in [0.25, 0.3) is 0 Å². The molecule has 0 saturated heterocycles. The highest BCUT2D eigenvalue weighted by atomic mass is 32.1. The monoisotopic (exact) mass is 165 g/mol. The Kier molecular flexibility index (Phi) is 5.42. The second-order valence-corrected chi connectivity index (χ2v) is 2.12. The van der Waals surface area contributed by atoms with E-state index in [0.29, 0.717) is 6.54 Å². The van der Waals surface area contributed by atoms with Crippen LogP contribution in [0.5, 0.6) is 0 Å². The van der Waals surface area contributed by atoms with Crippen LogP contribution >= 0.6 is 12.2 Å². The van der Waals surface area contributed by atoms with Gasteiger partial charge in [-0.25, -0.2) is 0 Å². The second kappa shape index (κ2) is 5.55. The Morgan fingerprint density at radius 1 is 1.80 bits per heavy atom. The maximum absolute atomic E-state index is 8.75. The Morgan fingerprint density at radius 3 is 2.80 bits per heavy atom. The molecule has 0 aliphatic carbocycles. The van der Waals surface area contributed by atoms with Crippen molar-refractivity contribution < 1.29 is 15.1 Å². The SMILES string of the molecule is CC(O)C(=S)ONCCO. The molecule has 5 heteroatoms. The fraction of sp³-hybridized carbons (Fsp3) is 0.800. The van der Waals surface area contributed by atoms with E-state index in [4.69, 9.17) is 10.2 Å². The van der Waals surface area contributed by atoms with Crippen LogP contribution in [-0.2, 0) is 4.84 Å². The van der Waals surface area contributed by atoms with E-state index in [1.807, 2.05) is 0 Å². The molecule has 1 atom stereocenters. The van der Waals surface area contributed by atoms with Gasteiger partial charge >= 0.3 is 0 Å². The fourth-order valence-electron chi connectivity index (χ4n) is 0.253. The molecule has 10 heavy (non-hydrogen) atoms. The van der Waals surface area contributed by atoms with Crippen LogP contribution in [0.4, 0.5) is 0 Å². The van der Waals surface area contributed by atoms with E-state index < -0.39 is 6.10 Å². The summed E-state index contributed by atoms with van der Waals surface area (Å²) in [7, 11) is 0. The quantitative estimate of drug-likeness (QED) is 0.289. The van der Waals surface area contributed by atoms with Crippen LogP contribution in [0.1, 0.15) is 6.92 Å². The lowest BCUT2D eigenvalue weighted by atomic mass is 10.4. The smallest absolute Gasteiger partial charge is 0.215 e. The Morgan fingerprint density at radius 2 is 2.40 bits per heavy atom. The van der Waals surface area contributed by atoms with E-state index in [1.54, 1.807) is 0 Å². The summed E-state index contributed by atoms with van der Waals surface area (Å²) in [5.74, 6) is 0. The van der Waals surface area contributed by atoms with Crippen LogP contribution in [-0.4, -0.2) is 34.5 Å². The molecular formula is C5H11NO3S. The molecule has 0 heterocycles. The molecule has 0 radical (unpaired) electrons. The van der Waals surface area contributed by atoms with Crippen LogP contribution in [0.25, 0.3) is 0 Å². The highest BCUT2D eigenvalue weighted by Crippen LogP contribution is 1.86. The van der Waals surface area contributed by atoms with Gasteiger partial charge < -0.3 is 15.1 Å². The molecule has 1 unspecified atom stereocenters. The minimum Gasteiger partial charge on any atom is -0.399 e. The molecule has 0 aliphatic rings. The molecule has 0 bridgehead atoms. The summed E-state index contributed by atoms with van der Waals surface area (Å²) >= 11 is 4.57. The molecule has 0 aromatic heterocycles. The predicted octanol–water partition coefficient (Wildman–Crippen LogP) is -0.792.